The Hall–Kier alpha value is 0.827. The molecule has 0 atom stereocenters. The fourth-order valence-corrected chi connectivity index (χ4v) is 3.15. The SMILES string of the molecule is CC=C(C)C[Si](Cl)(Cl)Cl. The predicted octanol–water partition coefficient (Wildman–Crippen LogP) is 3.61. The van der Waals surface area contributed by atoms with E-state index in [4.69, 9.17) is 33.2 Å². The maximum absolute atomic E-state index is 5.64. The Morgan fingerprint density at radius 1 is 1.44 bits per heavy atom. The van der Waals surface area contributed by atoms with Gasteiger partial charge in [0.2, 0.25) is 0 Å². The van der Waals surface area contributed by atoms with Gasteiger partial charge in [-0.05, 0) is 13.8 Å². The van der Waals surface area contributed by atoms with E-state index < -0.39 is 6.00 Å². The molecule has 0 saturated carbocycles. The van der Waals surface area contributed by atoms with Crippen molar-refractivity contribution in [3.63, 3.8) is 0 Å². The molecule has 0 aromatic rings. The number of hydrogen-bond donors (Lipinski definition) is 0. The topological polar surface area (TPSA) is 0 Å². The first-order chi connectivity index (χ1) is 3.95. The molecule has 0 nitrogen and oxygen atoms in total. The maximum atomic E-state index is 5.64. The van der Waals surface area contributed by atoms with Crippen molar-refractivity contribution in [3.8, 4) is 0 Å². The minimum atomic E-state index is -2.39. The van der Waals surface area contributed by atoms with E-state index in [9.17, 15) is 0 Å². The van der Waals surface area contributed by atoms with Gasteiger partial charge in [-0.3, -0.25) is 0 Å². The first kappa shape index (κ1) is 9.83. The lowest BCUT2D eigenvalue weighted by molar-refractivity contribution is 1.34. The second kappa shape index (κ2) is 3.87. The van der Waals surface area contributed by atoms with E-state index in [2.05, 4.69) is 0 Å². The molecule has 0 spiro atoms. The summed E-state index contributed by atoms with van der Waals surface area (Å²) in [5.41, 5.74) is 1.15. The normalized spacial score (nSPS) is 14.1. The summed E-state index contributed by atoms with van der Waals surface area (Å²) in [6, 6.07) is -1.75. The van der Waals surface area contributed by atoms with E-state index in [1.54, 1.807) is 0 Å². The molecule has 0 N–H and O–H groups in total. The zero-order chi connectivity index (χ0) is 7.49. The van der Waals surface area contributed by atoms with Crippen molar-refractivity contribution in [2.45, 2.75) is 19.9 Å². The van der Waals surface area contributed by atoms with Gasteiger partial charge in [-0.2, -0.15) is 0 Å². The standard InChI is InChI=1S/C5H9Cl3Si/c1-3-5(2)4-9(6,7)8/h3H,4H2,1-2H3. The van der Waals surface area contributed by atoms with Crippen LogP contribution in [0.25, 0.3) is 0 Å². The van der Waals surface area contributed by atoms with E-state index >= 15 is 0 Å². The van der Waals surface area contributed by atoms with Gasteiger partial charge in [0.05, 0.1) is 0 Å². The third kappa shape index (κ3) is 6.72. The lowest BCUT2D eigenvalue weighted by Gasteiger charge is -2.05. The first-order valence-corrected chi connectivity index (χ1v) is 7.88. The molecule has 0 aliphatic carbocycles. The molecule has 0 amide bonds. The van der Waals surface area contributed by atoms with Crippen LogP contribution in [-0.4, -0.2) is 6.00 Å². The molecule has 0 fully saturated rings. The predicted molar refractivity (Wildman–Crippen MR) is 47.6 cm³/mol. The van der Waals surface area contributed by atoms with Gasteiger partial charge in [0.1, 0.15) is 0 Å². The molecule has 9 heavy (non-hydrogen) atoms. The van der Waals surface area contributed by atoms with Gasteiger partial charge in [-0.25, -0.2) is 0 Å². The third-order valence-electron chi connectivity index (χ3n) is 0.972. The van der Waals surface area contributed by atoms with E-state index in [1.165, 1.54) is 0 Å². The maximum Gasteiger partial charge on any atom is 0.345 e. The fourth-order valence-electron chi connectivity index (χ4n) is 0.418. The Morgan fingerprint density at radius 3 is 2.00 bits per heavy atom. The summed E-state index contributed by atoms with van der Waals surface area (Å²) in [6.07, 6.45) is 1.97. The van der Waals surface area contributed by atoms with Crippen LogP contribution < -0.4 is 0 Å². The van der Waals surface area contributed by atoms with Crippen LogP contribution in [0, 0.1) is 0 Å². The highest BCUT2D eigenvalue weighted by molar-refractivity contribution is 7.64. The highest BCUT2D eigenvalue weighted by Crippen LogP contribution is 2.28. The van der Waals surface area contributed by atoms with E-state index in [-0.39, 0.29) is 0 Å². The average Bonchev–Trinajstić information content (AvgIpc) is 1.62. The van der Waals surface area contributed by atoms with Crippen LogP contribution in [0.2, 0.25) is 6.04 Å². The summed E-state index contributed by atoms with van der Waals surface area (Å²) in [6.45, 7) is 3.91. The summed E-state index contributed by atoms with van der Waals surface area (Å²) < 4.78 is 0. The Balaban J connectivity index is 3.75. The van der Waals surface area contributed by atoms with Crippen molar-refractivity contribution in [1.29, 1.82) is 0 Å². The molecule has 0 aromatic carbocycles. The summed E-state index contributed by atoms with van der Waals surface area (Å²) >= 11 is 16.9. The van der Waals surface area contributed by atoms with Gasteiger partial charge in [-0.1, -0.05) is 11.6 Å². The van der Waals surface area contributed by atoms with Crippen LogP contribution in [0.1, 0.15) is 13.8 Å². The summed E-state index contributed by atoms with van der Waals surface area (Å²) in [4.78, 5) is 0. The van der Waals surface area contributed by atoms with Gasteiger partial charge in [0, 0.05) is 6.04 Å². The van der Waals surface area contributed by atoms with Crippen molar-refractivity contribution < 1.29 is 0 Å². The van der Waals surface area contributed by atoms with Crippen LogP contribution >= 0.6 is 33.2 Å². The van der Waals surface area contributed by atoms with Crippen LogP contribution in [-0.2, 0) is 0 Å². The van der Waals surface area contributed by atoms with E-state index in [0.29, 0.717) is 6.04 Å². The number of halogens is 3. The number of rotatable bonds is 2. The molecule has 0 radical (unpaired) electrons. The van der Waals surface area contributed by atoms with Gasteiger partial charge < -0.3 is 0 Å². The monoisotopic (exact) mass is 202 g/mol. The highest BCUT2D eigenvalue weighted by Gasteiger charge is 2.24. The second-order valence-electron chi connectivity index (χ2n) is 1.93. The Labute approximate surface area is 70.9 Å². The lowest BCUT2D eigenvalue weighted by atomic mass is 10.3. The summed E-state index contributed by atoms with van der Waals surface area (Å²) in [5, 5.41) is 0. The first-order valence-electron chi connectivity index (χ1n) is 2.64. The number of hydrogen-bond acceptors (Lipinski definition) is 0. The fraction of sp³-hybridized carbons (Fsp3) is 0.600. The Morgan fingerprint density at radius 2 is 1.89 bits per heavy atom. The highest BCUT2D eigenvalue weighted by atomic mass is 35.8. The summed E-state index contributed by atoms with van der Waals surface area (Å²) in [7, 11) is 0. The zero-order valence-electron chi connectivity index (χ0n) is 5.42. The van der Waals surface area contributed by atoms with Crippen molar-refractivity contribution >= 4 is 39.2 Å². The Kier molecular flexibility index (Phi) is 4.22. The average molecular weight is 204 g/mol. The minimum absolute atomic E-state index is 0.647. The summed E-state index contributed by atoms with van der Waals surface area (Å²) in [5.74, 6) is 0. The van der Waals surface area contributed by atoms with Gasteiger partial charge >= 0.3 is 6.00 Å². The van der Waals surface area contributed by atoms with E-state index in [0.717, 1.165) is 5.57 Å². The van der Waals surface area contributed by atoms with Crippen LogP contribution in [0.5, 0.6) is 0 Å². The molecule has 4 heteroatoms. The van der Waals surface area contributed by atoms with Gasteiger partial charge in [0.15, 0.2) is 0 Å². The molecule has 0 aromatic heterocycles. The van der Waals surface area contributed by atoms with E-state index in [1.807, 2.05) is 19.9 Å². The van der Waals surface area contributed by atoms with Gasteiger partial charge in [-0.15, -0.1) is 33.2 Å². The Bertz CT molecular complexity index is 114. The van der Waals surface area contributed by atoms with Crippen molar-refractivity contribution in [2.75, 3.05) is 0 Å². The van der Waals surface area contributed by atoms with Crippen LogP contribution in [0.3, 0.4) is 0 Å². The molecule has 0 aliphatic heterocycles. The molecule has 0 heterocycles. The van der Waals surface area contributed by atoms with Gasteiger partial charge in [0.25, 0.3) is 0 Å². The molecule has 0 rings (SSSR count). The van der Waals surface area contributed by atoms with Crippen molar-refractivity contribution in [2.24, 2.45) is 0 Å². The smallest absolute Gasteiger partial charge is 0.126 e. The third-order valence-corrected chi connectivity index (χ3v) is 3.13. The molecule has 0 bridgehead atoms. The molecule has 0 unspecified atom stereocenters. The quantitative estimate of drug-likeness (QED) is 0.365. The molecule has 0 saturated heterocycles. The number of allylic oxidation sites excluding steroid dienone is 2. The lowest BCUT2D eigenvalue weighted by Crippen LogP contribution is -2.08. The van der Waals surface area contributed by atoms with Crippen LogP contribution in [0.4, 0.5) is 0 Å². The van der Waals surface area contributed by atoms with Crippen molar-refractivity contribution in [3.05, 3.63) is 11.6 Å². The molecule has 0 aliphatic rings. The molecular weight excluding hydrogens is 194 g/mol. The second-order valence-corrected chi connectivity index (χ2v) is 11.1. The minimum Gasteiger partial charge on any atom is -0.126 e. The van der Waals surface area contributed by atoms with Crippen LogP contribution in [0.15, 0.2) is 11.6 Å². The van der Waals surface area contributed by atoms with Crippen molar-refractivity contribution in [1.82, 2.24) is 0 Å². The largest absolute Gasteiger partial charge is 0.345 e. The molecule has 54 valence electrons. The molecular formula is C5H9Cl3Si. The zero-order valence-corrected chi connectivity index (χ0v) is 8.69.